The molecule has 1 amide bonds. The van der Waals surface area contributed by atoms with Crippen molar-refractivity contribution in [2.75, 3.05) is 13.6 Å². The van der Waals surface area contributed by atoms with Crippen LogP contribution in [0.2, 0.25) is 10.0 Å². The van der Waals surface area contributed by atoms with Gasteiger partial charge in [0.15, 0.2) is 0 Å². The number of hydrogen-bond donors (Lipinski definition) is 1. The predicted molar refractivity (Wildman–Crippen MR) is 62.0 cm³/mol. The molecule has 15 heavy (non-hydrogen) atoms. The Morgan fingerprint density at radius 2 is 2.13 bits per heavy atom. The van der Waals surface area contributed by atoms with E-state index in [0.29, 0.717) is 16.6 Å². The quantitative estimate of drug-likeness (QED) is 0.883. The number of hydrogen-bond acceptors (Lipinski definition) is 2. The average molecular weight is 247 g/mol. The highest BCUT2D eigenvalue weighted by Gasteiger charge is 2.06. The van der Waals surface area contributed by atoms with E-state index in [1.54, 1.807) is 24.1 Å². The Kier molecular flexibility index (Phi) is 4.39. The number of carbonyl (C=O) groups is 1. The lowest BCUT2D eigenvalue weighted by atomic mass is 10.2. The number of benzene rings is 1. The molecule has 0 heterocycles. The molecule has 0 atom stereocenters. The first-order chi connectivity index (χ1) is 6.99. The molecule has 0 radical (unpaired) electrons. The van der Waals surface area contributed by atoms with Gasteiger partial charge in [0, 0.05) is 16.6 Å². The summed E-state index contributed by atoms with van der Waals surface area (Å²) in [5.41, 5.74) is 6.00. The summed E-state index contributed by atoms with van der Waals surface area (Å²) in [5, 5.41) is 1.19. The maximum absolute atomic E-state index is 10.7. The van der Waals surface area contributed by atoms with Crippen molar-refractivity contribution >= 4 is 29.1 Å². The Morgan fingerprint density at radius 1 is 1.47 bits per heavy atom. The zero-order valence-electron chi connectivity index (χ0n) is 8.34. The topological polar surface area (TPSA) is 46.3 Å². The maximum atomic E-state index is 10.7. The van der Waals surface area contributed by atoms with Gasteiger partial charge in [0.2, 0.25) is 5.91 Å². The third-order valence-electron chi connectivity index (χ3n) is 1.88. The molecule has 3 nitrogen and oxygen atoms in total. The second-order valence-corrected chi connectivity index (χ2v) is 4.22. The summed E-state index contributed by atoms with van der Waals surface area (Å²) in [7, 11) is 1.80. The van der Waals surface area contributed by atoms with Crippen LogP contribution in [0.15, 0.2) is 18.2 Å². The van der Waals surface area contributed by atoms with Crippen molar-refractivity contribution in [1.82, 2.24) is 4.90 Å². The van der Waals surface area contributed by atoms with Crippen LogP contribution >= 0.6 is 23.2 Å². The molecule has 0 spiro atoms. The van der Waals surface area contributed by atoms with Crippen LogP contribution in [0.25, 0.3) is 0 Å². The summed E-state index contributed by atoms with van der Waals surface area (Å²) in [5.74, 6) is -0.359. The van der Waals surface area contributed by atoms with Crippen molar-refractivity contribution in [3.8, 4) is 0 Å². The summed E-state index contributed by atoms with van der Waals surface area (Å²) in [6.07, 6.45) is 0. The highest BCUT2D eigenvalue weighted by molar-refractivity contribution is 6.35. The first kappa shape index (κ1) is 12.3. The first-order valence-corrected chi connectivity index (χ1v) is 5.15. The first-order valence-electron chi connectivity index (χ1n) is 4.40. The van der Waals surface area contributed by atoms with Gasteiger partial charge >= 0.3 is 0 Å². The maximum Gasteiger partial charge on any atom is 0.231 e. The fourth-order valence-corrected chi connectivity index (χ4v) is 1.73. The highest BCUT2D eigenvalue weighted by atomic mass is 35.5. The van der Waals surface area contributed by atoms with Gasteiger partial charge in [-0.1, -0.05) is 29.3 Å². The van der Waals surface area contributed by atoms with Gasteiger partial charge in [-0.3, -0.25) is 9.69 Å². The van der Waals surface area contributed by atoms with Gasteiger partial charge in [-0.15, -0.1) is 0 Å². The van der Waals surface area contributed by atoms with Crippen LogP contribution < -0.4 is 5.73 Å². The SMILES string of the molecule is CN(CC(N)=O)Cc1ccc(Cl)cc1Cl. The summed E-state index contributed by atoms with van der Waals surface area (Å²) in [6.45, 7) is 0.776. The van der Waals surface area contributed by atoms with Crippen LogP contribution in [0.3, 0.4) is 0 Å². The van der Waals surface area contributed by atoms with Crippen molar-refractivity contribution in [1.29, 1.82) is 0 Å². The molecule has 1 aromatic rings. The van der Waals surface area contributed by atoms with E-state index in [0.717, 1.165) is 5.56 Å². The van der Waals surface area contributed by atoms with Crippen molar-refractivity contribution in [3.05, 3.63) is 33.8 Å². The number of carbonyl (C=O) groups excluding carboxylic acids is 1. The van der Waals surface area contributed by atoms with E-state index in [9.17, 15) is 4.79 Å². The Morgan fingerprint density at radius 3 is 2.67 bits per heavy atom. The zero-order valence-corrected chi connectivity index (χ0v) is 9.85. The summed E-state index contributed by atoms with van der Waals surface area (Å²) >= 11 is 11.7. The number of rotatable bonds is 4. The van der Waals surface area contributed by atoms with Gasteiger partial charge in [0.25, 0.3) is 0 Å². The molecule has 0 aliphatic heterocycles. The monoisotopic (exact) mass is 246 g/mol. The Bertz CT molecular complexity index is 368. The molecule has 0 saturated carbocycles. The van der Waals surface area contributed by atoms with Gasteiger partial charge in [-0.05, 0) is 24.7 Å². The smallest absolute Gasteiger partial charge is 0.231 e. The lowest BCUT2D eigenvalue weighted by Gasteiger charge is -2.15. The van der Waals surface area contributed by atoms with Crippen LogP contribution in [0.5, 0.6) is 0 Å². The molecular weight excluding hydrogens is 235 g/mol. The van der Waals surface area contributed by atoms with Crippen LogP contribution in [0.4, 0.5) is 0 Å². The van der Waals surface area contributed by atoms with Crippen molar-refractivity contribution in [2.24, 2.45) is 5.73 Å². The Hall–Kier alpha value is -0.770. The molecule has 5 heteroatoms. The second kappa shape index (κ2) is 5.35. The summed E-state index contributed by atoms with van der Waals surface area (Å²) in [6, 6.07) is 5.28. The van der Waals surface area contributed by atoms with E-state index in [2.05, 4.69) is 0 Å². The average Bonchev–Trinajstić information content (AvgIpc) is 2.08. The molecule has 0 fully saturated rings. The predicted octanol–water partition coefficient (Wildman–Crippen LogP) is 1.91. The molecule has 0 unspecified atom stereocenters. The van der Waals surface area contributed by atoms with E-state index in [1.807, 2.05) is 6.07 Å². The molecular formula is C10H12Cl2N2O. The van der Waals surface area contributed by atoms with E-state index in [4.69, 9.17) is 28.9 Å². The molecule has 0 aliphatic rings. The highest BCUT2D eigenvalue weighted by Crippen LogP contribution is 2.21. The molecule has 0 aliphatic carbocycles. The summed E-state index contributed by atoms with van der Waals surface area (Å²) in [4.78, 5) is 12.5. The number of nitrogens with zero attached hydrogens (tertiary/aromatic N) is 1. The Labute approximate surface area is 98.8 Å². The van der Waals surface area contributed by atoms with Gasteiger partial charge in [-0.2, -0.15) is 0 Å². The van der Waals surface area contributed by atoms with E-state index in [1.165, 1.54) is 0 Å². The number of halogens is 2. The number of amides is 1. The van der Waals surface area contributed by atoms with Gasteiger partial charge in [-0.25, -0.2) is 0 Å². The minimum atomic E-state index is -0.359. The van der Waals surface area contributed by atoms with Crippen LogP contribution in [-0.4, -0.2) is 24.4 Å². The van der Waals surface area contributed by atoms with E-state index < -0.39 is 0 Å². The zero-order chi connectivity index (χ0) is 11.4. The van der Waals surface area contributed by atoms with Crippen molar-refractivity contribution in [2.45, 2.75) is 6.54 Å². The summed E-state index contributed by atoms with van der Waals surface area (Å²) < 4.78 is 0. The molecule has 2 N–H and O–H groups in total. The normalized spacial score (nSPS) is 10.7. The standard InChI is InChI=1S/C10H12Cl2N2O/c1-14(6-10(13)15)5-7-2-3-8(11)4-9(7)12/h2-4H,5-6H2,1H3,(H2,13,15). The fraction of sp³-hybridized carbons (Fsp3) is 0.300. The van der Waals surface area contributed by atoms with Crippen LogP contribution in [0.1, 0.15) is 5.56 Å². The number of likely N-dealkylation sites (N-methyl/N-ethyl adjacent to an activating group) is 1. The number of primary amides is 1. The molecule has 82 valence electrons. The molecule has 1 aromatic carbocycles. The largest absolute Gasteiger partial charge is 0.369 e. The number of nitrogens with two attached hydrogens (primary N) is 1. The molecule has 0 aromatic heterocycles. The van der Waals surface area contributed by atoms with E-state index in [-0.39, 0.29) is 12.5 Å². The fourth-order valence-electron chi connectivity index (χ4n) is 1.26. The Balaban J connectivity index is 2.68. The third kappa shape index (κ3) is 4.08. The minimum Gasteiger partial charge on any atom is -0.369 e. The second-order valence-electron chi connectivity index (χ2n) is 3.37. The van der Waals surface area contributed by atoms with Crippen LogP contribution in [-0.2, 0) is 11.3 Å². The van der Waals surface area contributed by atoms with Crippen molar-refractivity contribution in [3.63, 3.8) is 0 Å². The van der Waals surface area contributed by atoms with Crippen LogP contribution in [0, 0.1) is 0 Å². The lowest BCUT2D eigenvalue weighted by Crippen LogP contribution is -2.30. The lowest BCUT2D eigenvalue weighted by molar-refractivity contribution is -0.118. The third-order valence-corrected chi connectivity index (χ3v) is 2.47. The van der Waals surface area contributed by atoms with Gasteiger partial charge in [0.05, 0.1) is 6.54 Å². The van der Waals surface area contributed by atoms with Gasteiger partial charge in [0.1, 0.15) is 0 Å². The molecule has 1 rings (SSSR count). The van der Waals surface area contributed by atoms with Crippen molar-refractivity contribution < 1.29 is 4.79 Å². The molecule has 0 saturated heterocycles. The van der Waals surface area contributed by atoms with Gasteiger partial charge < -0.3 is 5.73 Å². The van der Waals surface area contributed by atoms with E-state index >= 15 is 0 Å². The molecule has 0 bridgehead atoms. The minimum absolute atomic E-state index is 0.207.